The Kier molecular flexibility index (Phi) is 6.68. The van der Waals surface area contributed by atoms with Crippen LogP contribution in [0.1, 0.15) is 32.6 Å². The third-order valence-corrected chi connectivity index (χ3v) is 3.14. The monoisotopic (exact) mass is 204 g/mol. The Labute approximate surface area is 85.4 Å². The lowest BCUT2D eigenvalue weighted by Gasteiger charge is -2.22. The van der Waals surface area contributed by atoms with Gasteiger partial charge in [0.25, 0.3) is 0 Å². The van der Waals surface area contributed by atoms with E-state index in [9.17, 15) is 0 Å². The predicted molar refractivity (Wildman–Crippen MR) is 57.2 cm³/mol. The van der Waals surface area contributed by atoms with Crippen molar-refractivity contribution < 1.29 is 9.47 Å². The lowest BCUT2D eigenvalue weighted by atomic mass is 10.4. The molecule has 1 rings (SSSR count). The first-order valence-corrected chi connectivity index (χ1v) is 6.40. The smallest absolute Gasteiger partial charge is 0.158 e. The average molecular weight is 204 g/mol. The first-order valence-electron chi connectivity index (χ1n) is 5.24. The van der Waals surface area contributed by atoms with Crippen molar-refractivity contribution in [2.24, 2.45) is 0 Å². The van der Waals surface area contributed by atoms with E-state index in [1.54, 1.807) is 0 Å². The van der Waals surface area contributed by atoms with Crippen molar-refractivity contribution in [3.05, 3.63) is 0 Å². The van der Waals surface area contributed by atoms with E-state index < -0.39 is 0 Å². The zero-order chi connectivity index (χ0) is 9.36. The summed E-state index contributed by atoms with van der Waals surface area (Å²) in [4.78, 5) is 0. The maximum Gasteiger partial charge on any atom is 0.158 e. The molecular formula is C10H20O2S. The normalized spacial score (nSPS) is 19.2. The summed E-state index contributed by atoms with van der Waals surface area (Å²) in [6.07, 6.45) is 4.82. The Morgan fingerprint density at radius 3 is 2.69 bits per heavy atom. The van der Waals surface area contributed by atoms with Crippen molar-refractivity contribution in [3.63, 3.8) is 0 Å². The molecule has 1 saturated heterocycles. The van der Waals surface area contributed by atoms with Gasteiger partial charge in [-0.05, 0) is 24.3 Å². The third kappa shape index (κ3) is 5.55. The molecule has 0 aromatic carbocycles. The van der Waals surface area contributed by atoms with Crippen LogP contribution in [0.4, 0.5) is 0 Å². The molecule has 0 aromatic heterocycles. The van der Waals surface area contributed by atoms with Crippen molar-refractivity contribution in [2.45, 2.75) is 38.9 Å². The standard InChI is InChI=1S/C10H20O2S/c1-2-3-8-13-9-5-10-11-6-4-7-12-10/h10H,2-9H2,1H3. The maximum atomic E-state index is 5.45. The van der Waals surface area contributed by atoms with Crippen LogP contribution in [0.2, 0.25) is 0 Å². The molecule has 0 saturated carbocycles. The lowest BCUT2D eigenvalue weighted by Crippen LogP contribution is -2.25. The van der Waals surface area contributed by atoms with Gasteiger partial charge in [0.15, 0.2) is 6.29 Å². The van der Waals surface area contributed by atoms with E-state index >= 15 is 0 Å². The minimum atomic E-state index is 0.0860. The van der Waals surface area contributed by atoms with Crippen LogP contribution in [0.25, 0.3) is 0 Å². The quantitative estimate of drug-likeness (QED) is 0.620. The molecule has 0 radical (unpaired) electrons. The highest BCUT2D eigenvalue weighted by Crippen LogP contribution is 2.13. The van der Waals surface area contributed by atoms with Crippen LogP contribution in [-0.4, -0.2) is 31.0 Å². The summed E-state index contributed by atoms with van der Waals surface area (Å²) < 4.78 is 10.9. The second-order valence-electron chi connectivity index (χ2n) is 3.28. The van der Waals surface area contributed by atoms with Gasteiger partial charge >= 0.3 is 0 Å². The largest absolute Gasteiger partial charge is 0.353 e. The summed E-state index contributed by atoms with van der Waals surface area (Å²) in [5, 5.41) is 0. The number of unbranched alkanes of at least 4 members (excludes halogenated alkanes) is 1. The van der Waals surface area contributed by atoms with Gasteiger partial charge in [-0.25, -0.2) is 0 Å². The Hall–Kier alpha value is 0.270. The zero-order valence-electron chi connectivity index (χ0n) is 8.46. The van der Waals surface area contributed by atoms with Crippen LogP contribution in [0.5, 0.6) is 0 Å². The van der Waals surface area contributed by atoms with Crippen LogP contribution in [-0.2, 0) is 9.47 Å². The number of hydrogen-bond acceptors (Lipinski definition) is 3. The SMILES string of the molecule is CCCCSCCC1OCCCO1. The molecule has 2 nitrogen and oxygen atoms in total. The minimum absolute atomic E-state index is 0.0860. The van der Waals surface area contributed by atoms with E-state index in [2.05, 4.69) is 6.92 Å². The van der Waals surface area contributed by atoms with Crippen LogP contribution in [0, 0.1) is 0 Å². The third-order valence-electron chi connectivity index (χ3n) is 2.04. The van der Waals surface area contributed by atoms with Crippen molar-refractivity contribution in [2.75, 3.05) is 24.7 Å². The number of ether oxygens (including phenoxy) is 2. The van der Waals surface area contributed by atoms with Crippen LogP contribution >= 0.6 is 11.8 Å². The Balaban J connectivity index is 1.86. The molecule has 1 aliphatic heterocycles. The van der Waals surface area contributed by atoms with E-state index in [0.717, 1.165) is 26.1 Å². The highest BCUT2D eigenvalue weighted by molar-refractivity contribution is 7.99. The summed E-state index contributed by atoms with van der Waals surface area (Å²) in [6.45, 7) is 3.99. The summed E-state index contributed by atoms with van der Waals surface area (Å²) in [5.41, 5.74) is 0. The number of rotatable bonds is 6. The van der Waals surface area contributed by atoms with Crippen molar-refractivity contribution in [1.29, 1.82) is 0 Å². The molecular weight excluding hydrogens is 184 g/mol. The van der Waals surface area contributed by atoms with Gasteiger partial charge in [0, 0.05) is 6.42 Å². The predicted octanol–water partition coefficient (Wildman–Crippen LogP) is 2.67. The van der Waals surface area contributed by atoms with Gasteiger partial charge in [-0.2, -0.15) is 11.8 Å². The van der Waals surface area contributed by atoms with Crippen molar-refractivity contribution >= 4 is 11.8 Å². The first-order chi connectivity index (χ1) is 6.43. The van der Waals surface area contributed by atoms with Crippen LogP contribution < -0.4 is 0 Å². The Morgan fingerprint density at radius 1 is 1.23 bits per heavy atom. The molecule has 3 heteroatoms. The fourth-order valence-corrected chi connectivity index (χ4v) is 2.29. The fraction of sp³-hybridized carbons (Fsp3) is 1.00. The molecule has 0 aromatic rings. The van der Waals surface area contributed by atoms with Gasteiger partial charge in [0.05, 0.1) is 13.2 Å². The van der Waals surface area contributed by atoms with Gasteiger partial charge in [0.2, 0.25) is 0 Å². The molecule has 0 aliphatic carbocycles. The summed E-state index contributed by atoms with van der Waals surface area (Å²) in [7, 11) is 0. The van der Waals surface area contributed by atoms with Gasteiger partial charge in [-0.1, -0.05) is 13.3 Å². The van der Waals surface area contributed by atoms with E-state index in [1.807, 2.05) is 11.8 Å². The molecule has 78 valence electrons. The van der Waals surface area contributed by atoms with Gasteiger partial charge in [0.1, 0.15) is 0 Å². The Bertz CT molecular complexity index is 113. The number of hydrogen-bond donors (Lipinski definition) is 0. The van der Waals surface area contributed by atoms with E-state index in [-0.39, 0.29) is 6.29 Å². The maximum absolute atomic E-state index is 5.45. The van der Waals surface area contributed by atoms with Gasteiger partial charge < -0.3 is 9.47 Å². The zero-order valence-corrected chi connectivity index (χ0v) is 9.28. The Morgan fingerprint density at radius 2 is 2.00 bits per heavy atom. The number of thioether (sulfide) groups is 1. The molecule has 1 heterocycles. The lowest BCUT2D eigenvalue weighted by molar-refractivity contribution is -0.178. The average Bonchev–Trinajstić information content (AvgIpc) is 2.19. The highest BCUT2D eigenvalue weighted by atomic mass is 32.2. The van der Waals surface area contributed by atoms with Crippen LogP contribution in [0.3, 0.4) is 0 Å². The molecule has 0 N–H and O–H groups in total. The molecule has 0 unspecified atom stereocenters. The summed E-state index contributed by atoms with van der Waals surface area (Å²) >= 11 is 2.01. The molecule has 0 amide bonds. The minimum Gasteiger partial charge on any atom is -0.353 e. The van der Waals surface area contributed by atoms with Gasteiger partial charge in [-0.3, -0.25) is 0 Å². The van der Waals surface area contributed by atoms with E-state index in [4.69, 9.17) is 9.47 Å². The first kappa shape index (κ1) is 11.3. The molecule has 0 atom stereocenters. The fourth-order valence-electron chi connectivity index (χ4n) is 1.23. The van der Waals surface area contributed by atoms with Crippen molar-refractivity contribution in [1.82, 2.24) is 0 Å². The molecule has 1 aliphatic rings. The molecule has 0 bridgehead atoms. The second-order valence-corrected chi connectivity index (χ2v) is 4.50. The van der Waals surface area contributed by atoms with E-state index in [1.165, 1.54) is 24.3 Å². The molecule has 0 spiro atoms. The summed E-state index contributed by atoms with van der Waals surface area (Å²) in [5.74, 6) is 2.45. The highest BCUT2D eigenvalue weighted by Gasteiger charge is 2.12. The second kappa shape index (κ2) is 7.65. The van der Waals surface area contributed by atoms with Crippen molar-refractivity contribution in [3.8, 4) is 0 Å². The van der Waals surface area contributed by atoms with Crippen LogP contribution in [0.15, 0.2) is 0 Å². The van der Waals surface area contributed by atoms with Gasteiger partial charge in [-0.15, -0.1) is 0 Å². The van der Waals surface area contributed by atoms with E-state index in [0.29, 0.717) is 0 Å². The topological polar surface area (TPSA) is 18.5 Å². The molecule has 13 heavy (non-hydrogen) atoms. The summed E-state index contributed by atoms with van der Waals surface area (Å²) in [6, 6.07) is 0. The molecule has 1 fully saturated rings.